The largest absolute Gasteiger partial charge is 0.495 e. The summed E-state index contributed by atoms with van der Waals surface area (Å²) < 4.78 is 30.4. The van der Waals surface area contributed by atoms with E-state index in [2.05, 4.69) is 15.3 Å². The Morgan fingerprint density at radius 2 is 1.82 bits per heavy atom. The average Bonchev–Trinajstić information content (AvgIpc) is 2.73. The molecule has 1 amide bonds. The number of hydrogen-bond acceptors (Lipinski definition) is 6. The molecule has 3 rings (SSSR count). The third-order valence-corrected chi connectivity index (χ3v) is 5.51. The van der Waals surface area contributed by atoms with Crippen molar-refractivity contribution in [1.29, 1.82) is 0 Å². The molecule has 1 aromatic carbocycles. The summed E-state index contributed by atoms with van der Waals surface area (Å²) in [4.78, 5) is 20.0. The summed E-state index contributed by atoms with van der Waals surface area (Å²) in [6, 6.07) is 10.9. The number of pyridine rings is 2. The molecule has 0 aliphatic heterocycles. The van der Waals surface area contributed by atoms with Gasteiger partial charge in [0.05, 0.1) is 23.1 Å². The van der Waals surface area contributed by atoms with Crippen LogP contribution in [0.2, 0.25) is 0 Å². The van der Waals surface area contributed by atoms with Gasteiger partial charge in [0.1, 0.15) is 5.75 Å². The molecule has 7 nitrogen and oxygen atoms in total. The topological polar surface area (TPSA) is 98.2 Å². The number of anilines is 1. The third-order valence-electron chi connectivity index (χ3n) is 3.78. The molecule has 0 saturated carbocycles. The van der Waals surface area contributed by atoms with Gasteiger partial charge in [-0.1, -0.05) is 6.07 Å². The Morgan fingerprint density at radius 1 is 1.04 bits per heavy atom. The third kappa shape index (κ3) is 4.60. The molecule has 142 valence electrons. The first kappa shape index (κ1) is 19.2. The Kier molecular flexibility index (Phi) is 5.81. The average molecular weight is 395 g/mol. The monoisotopic (exact) mass is 395 g/mol. The maximum atomic E-state index is 12.7. The van der Waals surface area contributed by atoms with Crippen LogP contribution in [0.3, 0.4) is 0 Å². The molecule has 2 aromatic heterocycles. The van der Waals surface area contributed by atoms with Crippen LogP contribution in [-0.4, -0.2) is 31.4 Å². The van der Waals surface area contributed by atoms with Gasteiger partial charge in [0.15, 0.2) is 0 Å². The van der Waals surface area contributed by atoms with Gasteiger partial charge in [-0.2, -0.15) is 0 Å². The summed E-state index contributed by atoms with van der Waals surface area (Å²) in [5.41, 5.74) is 1.27. The molecule has 8 heteroatoms. The molecule has 0 saturated heterocycles. The van der Waals surface area contributed by atoms with Crippen molar-refractivity contribution in [2.75, 3.05) is 12.4 Å². The Bertz CT molecular complexity index is 1100. The highest BCUT2D eigenvalue weighted by Gasteiger charge is 2.18. The number of rotatable bonds is 6. The highest BCUT2D eigenvalue weighted by molar-refractivity contribution is 7.91. The number of aromatic nitrogens is 2. The summed E-state index contributed by atoms with van der Waals surface area (Å²) in [6.07, 6.45) is 8.99. The van der Waals surface area contributed by atoms with Crippen LogP contribution in [0.4, 0.5) is 5.69 Å². The van der Waals surface area contributed by atoms with Gasteiger partial charge in [-0.25, -0.2) is 8.42 Å². The summed E-state index contributed by atoms with van der Waals surface area (Å²) in [5.74, 6) is 0.0156. The minimum Gasteiger partial charge on any atom is -0.495 e. The van der Waals surface area contributed by atoms with Crippen LogP contribution in [0.25, 0.3) is 6.08 Å². The van der Waals surface area contributed by atoms with Crippen LogP contribution >= 0.6 is 0 Å². The molecular weight excluding hydrogens is 378 g/mol. The van der Waals surface area contributed by atoms with E-state index in [0.29, 0.717) is 11.4 Å². The second-order valence-corrected chi connectivity index (χ2v) is 7.65. The molecule has 0 unspecified atom stereocenters. The van der Waals surface area contributed by atoms with Crippen LogP contribution in [-0.2, 0) is 14.6 Å². The number of ether oxygens (including phenoxy) is 1. The van der Waals surface area contributed by atoms with Crippen molar-refractivity contribution in [1.82, 2.24) is 9.97 Å². The van der Waals surface area contributed by atoms with Gasteiger partial charge in [0.25, 0.3) is 0 Å². The first-order valence-corrected chi connectivity index (χ1v) is 9.70. The molecule has 0 aliphatic carbocycles. The number of nitrogens with zero attached hydrogens (tertiary/aromatic N) is 2. The maximum absolute atomic E-state index is 12.7. The molecule has 3 aromatic rings. The van der Waals surface area contributed by atoms with Gasteiger partial charge in [-0.3, -0.25) is 14.8 Å². The molecular formula is C20H17N3O4S. The molecule has 0 atom stereocenters. The Labute approximate surface area is 162 Å². The van der Waals surface area contributed by atoms with Crippen molar-refractivity contribution in [2.45, 2.75) is 9.79 Å². The molecule has 0 aliphatic rings. The lowest BCUT2D eigenvalue weighted by molar-refractivity contribution is -0.111. The zero-order valence-electron chi connectivity index (χ0n) is 14.9. The Balaban J connectivity index is 1.72. The SMILES string of the molecule is COc1cncc(S(=O)(=O)c2ccc(NC(=O)/C=C/c3cccnc3)cc2)c1. The summed E-state index contributed by atoms with van der Waals surface area (Å²) in [7, 11) is -2.30. The second kappa shape index (κ2) is 8.45. The summed E-state index contributed by atoms with van der Waals surface area (Å²) >= 11 is 0. The van der Waals surface area contributed by atoms with Crippen LogP contribution in [0, 0.1) is 0 Å². The van der Waals surface area contributed by atoms with E-state index < -0.39 is 9.84 Å². The first-order chi connectivity index (χ1) is 13.5. The van der Waals surface area contributed by atoms with Gasteiger partial charge < -0.3 is 10.1 Å². The smallest absolute Gasteiger partial charge is 0.248 e. The molecule has 0 fully saturated rings. The summed E-state index contributed by atoms with van der Waals surface area (Å²) in [5, 5.41) is 2.68. The van der Waals surface area contributed by atoms with Crippen molar-refractivity contribution in [2.24, 2.45) is 0 Å². The van der Waals surface area contributed by atoms with Crippen molar-refractivity contribution >= 4 is 27.5 Å². The number of methoxy groups -OCH3 is 1. The predicted molar refractivity (Wildman–Crippen MR) is 105 cm³/mol. The lowest BCUT2D eigenvalue weighted by Gasteiger charge is -2.07. The van der Waals surface area contributed by atoms with Gasteiger partial charge in [-0.05, 0) is 42.0 Å². The standard InChI is InChI=1S/C20H17N3O4S/c1-27-17-11-19(14-22-13-17)28(25,26)18-7-5-16(6-8-18)23-20(24)9-4-15-3-2-10-21-12-15/h2-14H,1H3,(H,23,24)/b9-4+. The molecule has 2 heterocycles. The van der Waals surface area contributed by atoms with E-state index in [1.807, 2.05) is 6.07 Å². The van der Waals surface area contributed by atoms with E-state index in [4.69, 9.17) is 4.74 Å². The molecule has 28 heavy (non-hydrogen) atoms. The normalized spacial score (nSPS) is 11.3. The van der Waals surface area contributed by atoms with Crippen molar-refractivity contribution in [3.05, 3.63) is 78.9 Å². The second-order valence-electron chi connectivity index (χ2n) is 5.70. The fraction of sp³-hybridized carbons (Fsp3) is 0.0500. The van der Waals surface area contributed by atoms with Crippen LogP contribution in [0.15, 0.2) is 83.1 Å². The lowest BCUT2D eigenvalue weighted by Crippen LogP contribution is -2.08. The number of sulfone groups is 1. The molecule has 0 radical (unpaired) electrons. The number of benzene rings is 1. The van der Waals surface area contributed by atoms with Crippen LogP contribution in [0.1, 0.15) is 5.56 Å². The van der Waals surface area contributed by atoms with E-state index in [0.717, 1.165) is 5.56 Å². The van der Waals surface area contributed by atoms with Gasteiger partial charge >= 0.3 is 0 Å². The minimum absolute atomic E-state index is 0.0306. The maximum Gasteiger partial charge on any atom is 0.248 e. The van der Waals surface area contributed by atoms with Crippen molar-refractivity contribution < 1.29 is 17.9 Å². The van der Waals surface area contributed by atoms with Gasteiger partial charge in [0, 0.05) is 36.4 Å². The van der Waals surface area contributed by atoms with E-state index in [9.17, 15) is 13.2 Å². The van der Waals surface area contributed by atoms with E-state index >= 15 is 0 Å². The zero-order valence-corrected chi connectivity index (χ0v) is 15.8. The van der Waals surface area contributed by atoms with E-state index in [-0.39, 0.29) is 15.7 Å². The van der Waals surface area contributed by atoms with Gasteiger partial charge in [-0.15, -0.1) is 0 Å². The zero-order chi connectivity index (χ0) is 20.0. The number of amides is 1. The fourth-order valence-corrected chi connectivity index (χ4v) is 3.58. The van der Waals surface area contributed by atoms with Crippen LogP contribution in [0.5, 0.6) is 5.75 Å². The highest BCUT2D eigenvalue weighted by Crippen LogP contribution is 2.24. The number of carbonyl (C=O) groups excluding carboxylic acids is 1. The highest BCUT2D eigenvalue weighted by atomic mass is 32.2. The van der Waals surface area contributed by atoms with E-state index in [1.54, 1.807) is 24.5 Å². The van der Waals surface area contributed by atoms with Crippen molar-refractivity contribution in [3.8, 4) is 5.75 Å². The molecule has 0 spiro atoms. The van der Waals surface area contributed by atoms with Crippen molar-refractivity contribution in [3.63, 3.8) is 0 Å². The number of hydrogen-bond donors (Lipinski definition) is 1. The molecule has 1 N–H and O–H groups in total. The molecule has 0 bridgehead atoms. The van der Waals surface area contributed by atoms with Gasteiger partial charge in [0.2, 0.25) is 15.7 Å². The lowest BCUT2D eigenvalue weighted by atomic mass is 10.2. The number of nitrogens with one attached hydrogen (secondary N) is 1. The Hall–Kier alpha value is -3.52. The first-order valence-electron chi connectivity index (χ1n) is 8.22. The Morgan fingerprint density at radius 3 is 2.50 bits per heavy atom. The quantitative estimate of drug-likeness (QED) is 0.645. The predicted octanol–water partition coefficient (Wildman–Crippen LogP) is 2.97. The van der Waals surface area contributed by atoms with Crippen LogP contribution < -0.4 is 10.1 Å². The number of carbonyl (C=O) groups is 1. The van der Waals surface area contributed by atoms with E-state index in [1.165, 1.54) is 55.9 Å². The minimum atomic E-state index is -3.74. The fourth-order valence-electron chi connectivity index (χ4n) is 2.34. The summed E-state index contributed by atoms with van der Waals surface area (Å²) in [6.45, 7) is 0.